The SMILES string of the molecule is C=C(C)CN(CC)C(=O)CSc1nnc(N2CCCC2)n1-c1cccc(Cl)c1. The molecular weight excluding hydrogens is 394 g/mol. The number of rotatable bonds is 8. The largest absolute Gasteiger partial charge is 0.341 e. The van der Waals surface area contributed by atoms with E-state index in [2.05, 4.69) is 21.7 Å². The van der Waals surface area contributed by atoms with Gasteiger partial charge in [0.1, 0.15) is 0 Å². The van der Waals surface area contributed by atoms with Crippen LogP contribution in [0, 0.1) is 0 Å². The molecule has 6 nitrogen and oxygen atoms in total. The first kappa shape index (κ1) is 20.7. The Bertz CT molecular complexity index is 847. The molecule has 1 amide bonds. The zero-order chi connectivity index (χ0) is 20.1. The van der Waals surface area contributed by atoms with Crippen molar-refractivity contribution in [3.05, 3.63) is 41.4 Å². The number of benzene rings is 1. The summed E-state index contributed by atoms with van der Waals surface area (Å²) < 4.78 is 2.00. The fourth-order valence-corrected chi connectivity index (χ4v) is 4.27. The maximum atomic E-state index is 12.6. The summed E-state index contributed by atoms with van der Waals surface area (Å²) in [4.78, 5) is 16.7. The highest BCUT2D eigenvalue weighted by atomic mass is 35.5. The van der Waals surface area contributed by atoms with Crippen LogP contribution < -0.4 is 4.90 Å². The minimum absolute atomic E-state index is 0.0684. The molecule has 1 aliphatic rings. The van der Waals surface area contributed by atoms with E-state index < -0.39 is 0 Å². The molecule has 1 fully saturated rings. The zero-order valence-electron chi connectivity index (χ0n) is 16.4. The molecule has 0 spiro atoms. The third-order valence-electron chi connectivity index (χ3n) is 4.59. The molecule has 2 aromatic rings. The molecule has 3 rings (SSSR count). The van der Waals surface area contributed by atoms with Gasteiger partial charge in [-0.2, -0.15) is 0 Å². The number of nitrogens with zero attached hydrogens (tertiary/aromatic N) is 5. The van der Waals surface area contributed by atoms with Crippen molar-refractivity contribution >= 4 is 35.2 Å². The van der Waals surface area contributed by atoms with Gasteiger partial charge in [-0.3, -0.25) is 9.36 Å². The zero-order valence-corrected chi connectivity index (χ0v) is 18.0. The smallest absolute Gasteiger partial charge is 0.233 e. The van der Waals surface area contributed by atoms with Gasteiger partial charge < -0.3 is 9.80 Å². The molecule has 1 aromatic carbocycles. The number of thioether (sulfide) groups is 1. The van der Waals surface area contributed by atoms with Crippen LogP contribution in [0.2, 0.25) is 5.02 Å². The Kier molecular flexibility index (Phi) is 7.02. The number of aromatic nitrogens is 3. The van der Waals surface area contributed by atoms with Gasteiger partial charge in [0, 0.05) is 31.2 Å². The summed E-state index contributed by atoms with van der Waals surface area (Å²) in [6.45, 7) is 11.0. The molecule has 0 aliphatic carbocycles. The maximum absolute atomic E-state index is 12.6. The lowest BCUT2D eigenvalue weighted by molar-refractivity contribution is -0.127. The van der Waals surface area contributed by atoms with E-state index in [1.54, 1.807) is 4.90 Å². The van der Waals surface area contributed by atoms with Crippen LogP contribution in [0.15, 0.2) is 41.6 Å². The van der Waals surface area contributed by atoms with Crippen molar-refractivity contribution < 1.29 is 4.79 Å². The minimum atomic E-state index is 0.0684. The molecule has 0 atom stereocenters. The van der Waals surface area contributed by atoms with Gasteiger partial charge >= 0.3 is 0 Å². The molecule has 8 heteroatoms. The highest BCUT2D eigenvalue weighted by Gasteiger charge is 2.23. The van der Waals surface area contributed by atoms with Crippen LogP contribution in [0.5, 0.6) is 0 Å². The first-order valence-corrected chi connectivity index (χ1v) is 10.9. The number of carbonyl (C=O) groups is 1. The predicted molar refractivity (Wildman–Crippen MR) is 116 cm³/mol. The van der Waals surface area contributed by atoms with Crippen molar-refractivity contribution in [3.63, 3.8) is 0 Å². The first-order chi connectivity index (χ1) is 13.5. The summed E-state index contributed by atoms with van der Waals surface area (Å²) in [5, 5.41) is 10.2. The van der Waals surface area contributed by atoms with E-state index in [-0.39, 0.29) is 5.91 Å². The predicted octanol–water partition coefficient (Wildman–Crippen LogP) is 4.04. The number of amides is 1. The number of likely N-dealkylation sites (N-methyl/N-ethyl adjacent to an activating group) is 1. The highest BCUT2D eigenvalue weighted by molar-refractivity contribution is 7.99. The molecule has 0 radical (unpaired) electrons. The average Bonchev–Trinajstić information content (AvgIpc) is 3.33. The third kappa shape index (κ3) is 4.89. The van der Waals surface area contributed by atoms with Crippen molar-refractivity contribution in [3.8, 4) is 5.69 Å². The Morgan fingerprint density at radius 1 is 1.32 bits per heavy atom. The summed E-state index contributed by atoms with van der Waals surface area (Å²) in [6, 6.07) is 7.64. The van der Waals surface area contributed by atoms with Crippen LogP contribution >= 0.6 is 23.4 Å². The molecule has 0 saturated carbocycles. The fourth-order valence-electron chi connectivity index (χ4n) is 3.24. The Morgan fingerprint density at radius 2 is 2.07 bits per heavy atom. The van der Waals surface area contributed by atoms with Gasteiger partial charge in [0.2, 0.25) is 11.9 Å². The lowest BCUT2D eigenvalue weighted by Gasteiger charge is -2.21. The van der Waals surface area contributed by atoms with E-state index in [0.717, 1.165) is 43.1 Å². The number of carbonyl (C=O) groups excluding carboxylic acids is 1. The van der Waals surface area contributed by atoms with E-state index in [4.69, 9.17) is 11.6 Å². The summed E-state index contributed by atoms with van der Waals surface area (Å²) in [5.74, 6) is 1.18. The van der Waals surface area contributed by atoms with E-state index in [1.807, 2.05) is 42.7 Å². The van der Waals surface area contributed by atoms with Gasteiger partial charge in [-0.25, -0.2) is 0 Å². The van der Waals surface area contributed by atoms with E-state index in [1.165, 1.54) is 11.8 Å². The third-order valence-corrected chi connectivity index (χ3v) is 5.74. The molecule has 0 unspecified atom stereocenters. The van der Waals surface area contributed by atoms with Gasteiger partial charge in [-0.15, -0.1) is 10.2 Å². The van der Waals surface area contributed by atoms with Gasteiger partial charge in [0.25, 0.3) is 0 Å². The van der Waals surface area contributed by atoms with Gasteiger partial charge in [-0.1, -0.05) is 41.6 Å². The molecule has 28 heavy (non-hydrogen) atoms. The molecule has 1 aromatic heterocycles. The molecule has 2 heterocycles. The van der Waals surface area contributed by atoms with Crippen LogP contribution in [-0.2, 0) is 4.79 Å². The monoisotopic (exact) mass is 419 g/mol. The second kappa shape index (κ2) is 9.47. The summed E-state index contributed by atoms with van der Waals surface area (Å²) in [5.41, 5.74) is 1.88. The Hall–Kier alpha value is -1.99. The standard InChI is InChI=1S/C20H26ClN5OS/c1-4-24(13-15(2)3)18(27)14-28-20-23-22-19(25-10-5-6-11-25)26(20)17-9-7-8-16(21)12-17/h7-9,12H,2,4-6,10-11,13-14H2,1,3H3. The normalized spacial score (nSPS) is 13.8. The van der Waals surface area contributed by atoms with Crippen LogP contribution in [0.1, 0.15) is 26.7 Å². The van der Waals surface area contributed by atoms with E-state index in [0.29, 0.717) is 29.0 Å². The molecule has 0 N–H and O–H groups in total. The van der Waals surface area contributed by atoms with Crippen LogP contribution in [0.4, 0.5) is 5.95 Å². The molecule has 150 valence electrons. The van der Waals surface area contributed by atoms with Crippen LogP contribution in [-0.4, -0.2) is 57.5 Å². The van der Waals surface area contributed by atoms with Crippen LogP contribution in [0.25, 0.3) is 5.69 Å². The van der Waals surface area contributed by atoms with Crippen molar-refractivity contribution in [2.45, 2.75) is 31.8 Å². The van der Waals surface area contributed by atoms with Gasteiger partial charge in [0.15, 0.2) is 5.16 Å². The molecule has 1 saturated heterocycles. The second-order valence-electron chi connectivity index (χ2n) is 6.95. The van der Waals surface area contributed by atoms with Crippen molar-refractivity contribution in [2.75, 3.05) is 36.8 Å². The quantitative estimate of drug-likeness (QED) is 0.477. The second-order valence-corrected chi connectivity index (χ2v) is 8.32. The number of anilines is 1. The molecule has 1 aliphatic heterocycles. The van der Waals surface area contributed by atoms with E-state index in [9.17, 15) is 4.79 Å². The van der Waals surface area contributed by atoms with Crippen molar-refractivity contribution in [2.24, 2.45) is 0 Å². The van der Waals surface area contributed by atoms with E-state index >= 15 is 0 Å². The summed E-state index contributed by atoms with van der Waals surface area (Å²) in [7, 11) is 0. The molecular formula is C20H26ClN5OS. The number of hydrogen-bond acceptors (Lipinski definition) is 5. The Balaban J connectivity index is 1.84. The highest BCUT2D eigenvalue weighted by Crippen LogP contribution is 2.29. The van der Waals surface area contributed by atoms with Crippen molar-refractivity contribution in [1.82, 2.24) is 19.7 Å². The van der Waals surface area contributed by atoms with Gasteiger partial charge in [0.05, 0.1) is 11.4 Å². The Morgan fingerprint density at radius 3 is 2.71 bits per heavy atom. The van der Waals surface area contributed by atoms with Crippen LogP contribution in [0.3, 0.4) is 0 Å². The maximum Gasteiger partial charge on any atom is 0.233 e. The fraction of sp³-hybridized carbons (Fsp3) is 0.450. The first-order valence-electron chi connectivity index (χ1n) is 9.51. The number of hydrogen-bond donors (Lipinski definition) is 0. The van der Waals surface area contributed by atoms with Gasteiger partial charge in [-0.05, 0) is 44.9 Å². The minimum Gasteiger partial charge on any atom is -0.341 e. The Labute approximate surface area is 175 Å². The lowest BCUT2D eigenvalue weighted by Crippen LogP contribution is -2.33. The number of halogens is 1. The average molecular weight is 420 g/mol. The lowest BCUT2D eigenvalue weighted by atomic mass is 10.3. The van der Waals surface area contributed by atoms with Crippen molar-refractivity contribution in [1.29, 1.82) is 0 Å². The molecule has 0 bridgehead atoms. The summed E-state index contributed by atoms with van der Waals surface area (Å²) in [6.07, 6.45) is 2.30. The summed E-state index contributed by atoms with van der Waals surface area (Å²) >= 11 is 7.62. The topological polar surface area (TPSA) is 54.3 Å².